The molecule has 0 atom stereocenters. The van der Waals surface area contributed by atoms with Crippen LogP contribution in [0, 0.1) is 20.8 Å². The molecule has 4 N–H and O–H groups in total. The van der Waals surface area contributed by atoms with Gasteiger partial charge < -0.3 is 21.1 Å². The molecular weight excluding hydrogens is 318 g/mol. The Balaban J connectivity index is 2.02. The maximum absolute atomic E-state index is 12.2. The molecule has 2 aromatic rings. The molecule has 0 radical (unpaired) electrons. The molecule has 132 valence electrons. The van der Waals surface area contributed by atoms with Crippen molar-refractivity contribution in [3.63, 3.8) is 0 Å². The predicted molar refractivity (Wildman–Crippen MR) is 98.9 cm³/mol. The van der Waals surface area contributed by atoms with Gasteiger partial charge in [-0.15, -0.1) is 0 Å². The number of carbonyl (C=O) groups excluding carboxylic acids is 2. The van der Waals surface area contributed by atoms with Gasteiger partial charge in [-0.3, -0.25) is 9.59 Å². The number of nitrogens with one attached hydrogen (secondary N) is 2. The van der Waals surface area contributed by atoms with Crippen LogP contribution in [0.2, 0.25) is 0 Å². The van der Waals surface area contributed by atoms with Crippen LogP contribution in [0.1, 0.15) is 16.7 Å². The molecule has 0 heterocycles. The van der Waals surface area contributed by atoms with Crippen molar-refractivity contribution in [2.75, 3.05) is 23.8 Å². The highest BCUT2D eigenvalue weighted by atomic mass is 16.5. The minimum atomic E-state index is -0.292. The van der Waals surface area contributed by atoms with E-state index in [-0.39, 0.29) is 25.0 Å². The number of carbonyl (C=O) groups is 2. The lowest BCUT2D eigenvalue weighted by atomic mass is 10.1. The average Bonchev–Trinajstić information content (AvgIpc) is 2.57. The number of para-hydroxylation sites is 1. The summed E-state index contributed by atoms with van der Waals surface area (Å²) in [6.45, 7) is 5.56. The number of hydrogen-bond acceptors (Lipinski definition) is 4. The second kappa shape index (κ2) is 8.30. The topological polar surface area (TPSA) is 93.5 Å². The van der Waals surface area contributed by atoms with E-state index in [1.165, 1.54) is 0 Å². The fourth-order valence-corrected chi connectivity index (χ4v) is 2.40. The summed E-state index contributed by atoms with van der Waals surface area (Å²) in [6, 6.07) is 11.1. The molecule has 2 aromatic carbocycles. The minimum Gasteiger partial charge on any atom is -0.483 e. The first kappa shape index (κ1) is 18.5. The van der Waals surface area contributed by atoms with Crippen LogP contribution in [0.5, 0.6) is 5.75 Å². The van der Waals surface area contributed by atoms with Gasteiger partial charge in [0.05, 0.1) is 6.54 Å². The third-order valence-electron chi connectivity index (χ3n) is 3.74. The van der Waals surface area contributed by atoms with Crippen molar-refractivity contribution in [1.82, 2.24) is 0 Å². The molecule has 2 rings (SSSR count). The molecule has 0 aliphatic carbocycles. The Bertz CT molecular complexity index is 767. The van der Waals surface area contributed by atoms with Crippen LogP contribution in [-0.4, -0.2) is 25.0 Å². The Morgan fingerprint density at radius 3 is 2.28 bits per heavy atom. The monoisotopic (exact) mass is 341 g/mol. The average molecular weight is 341 g/mol. The lowest BCUT2D eigenvalue weighted by Gasteiger charge is -2.14. The van der Waals surface area contributed by atoms with E-state index in [4.69, 9.17) is 10.5 Å². The van der Waals surface area contributed by atoms with Gasteiger partial charge in [0, 0.05) is 11.4 Å². The molecule has 0 aromatic heterocycles. The van der Waals surface area contributed by atoms with E-state index >= 15 is 0 Å². The summed E-state index contributed by atoms with van der Waals surface area (Å²) in [7, 11) is 0. The second-order valence-corrected chi connectivity index (χ2v) is 5.84. The third-order valence-corrected chi connectivity index (χ3v) is 3.74. The molecule has 0 aliphatic heterocycles. The van der Waals surface area contributed by atoms with Gasteiger partial charge in [-0.25, -0.2) is 0 Å². The maximum atomic E-state index is 12.2. The molecule has 0 bridgehead atoms. The highest BCUT2D eigenvalue weighted by molar-refractivity contribution is 5.95. The van der Waals surface area contributed by atoms with E-state index in [1.807, 2.05) is 45.0 Å². The summed E-state index contributed by atoms with van der Waals surface area (Å²) in [5.74, 6) is 0.158. The highest BCUT2D eigenvalue weighted by Crippen LogP contribution is 2.23. The maximum Gasteiger partial charge on any atom is 0.262 e. The van der Waals surface area contributed by atoms with Crippen molar-refractivity contribution in [2.45, 2.75) is 20.8 Å². The molecule has 0 saturated heterocycles. The van der Waals surface area contributed by atoms with Gasteiger partial charge in [-0.1, -0.05) is 24.3 Å². The van der Waals surface area contributed by atoms with E-state index in [0.717, 1.165) is 22.4 Å². The second-order valence-electron chi connectivity index (χ2n) is 5.84. The zero-order valence-electron chi connectivity index (χ0n) is 14.7. The van der Waals surface area contributed by atoms with Crippen LogP contribution in [-0.2, 0) is 9.59 Å². The summed E-state index contributed by atoms with van der Waals surface area (Å²) in [6.07, 6.45) is 0. The van der Waals surface area contributed by atoms with Crippen LogP contribution in [0.3, 0.4) is 0 Å². The number of benzene rings is 2. The summed E-state index contributed by atoms with van der Waals surface area (Å²) in [4.78, 5) is 23.6. The summed E-state index contributed by atoms with van der Waals surface area (Å²) in [5, 5.41) is 5.46. The molecule has 2 amide bonds. The minimum absolute atomic E-state index is 0.0927. The van der Waals surface area contributed by atoms with Crippen LogP contribution in [0.25, 0.3) is 0 Å². The van der Waals surface area contributed by atoms with E-state index in [1.54, 1.807) is 12.1 Å². The Labute approximate surface area is 147 Å². The van der Waals surface area contributed by atoms with Gasteiger partial charge in [-0.05, 0) is 49.6 Å². The fraction of sp³-hybridized carbons (Fsp3) is 0.263. The number of rotatable bonds is 6. The third kappa shape index (κ3) is 5.06. The molecule has 0 aliphatic rings. The van der Waals surface area contributed by atoms with Gasteiger partial charge in [-0.2, -0.15) is 0 Å². The van der Waals surface area contributed by atoms with Crippen molar-refractivity contribution in [3.05, 3.63) is 53.1 Å². The first-order valence-electron chi connectivity index (χ1n) is 8.00. The van der Waals surface area contributed by atoms with Crippen molar-refractivity contribution < 1.29 is 14.3 Å². The standard InChI is InChI=1S/C19H23N3O3/c1-12-7-8-15(21-17(23)10-20)9-16(12)22-18(24)11-25-19-13(2)5-4-6-14(19)3/h4-9H,10-11,20H2,1-3H3,(H,21,23)(H,22,24). The zero-order chi connectivity index (χ0) is 18.4. The van der Waals surface area contributed by atoms with Crippen molar-refractivity contribution >= 4 is 23.2 Å². The van der Waals surface area contributed by atoms with E-state index in [0.29, 0.717) is 11.4 Å². The lowest BCUT2D eigenvalue weighted by Crippen LogP contribution is -2.23. The quantitative estimate of drug-likeness (QED) is 0.752. The number of aryl methyl sites for hydroxylation is 3. The number of anilines is 2. The largest absolute Gasteiger partial charge is 0.483 e. The van der Waals surface area contributed by atoms with Gasteiger partial charge in [0.2, 0.25) is 5.91 Å². The Kier molecular flexibility index (Phi) is 6.14. The summed E-state index contributed by atoms with van der Waals surface area (Å²) < 4.78 is 5.66. The summed E-state index contributed by atoms with van der Waals surface area (Å²) in [5.41, 5.74) is 9.33. The van der Waals surface area contributed by atoms with Crippen LogP contribution in [0.4, 0.5) is 11.4 Å². The zero-order valence-corrected chi connectivity index (χ0v) is 14.7. The molecule has 25 heavy (non-hydrogen) atoms. The van der Waals surface area contributed by atoms with Gasteiger partial charge >= 0.3 is 0 Å². The molecule has 6 heteroatoms. The number of amides is 2. The SMILES string of the molecule is Cc1ccc(NC(=O)CN)cc1NC(=O)COc1c(C)cccc1C. The normalized spacial score (nSPS) is 10.2. The first-order valence-corrected chi connectivity index (χ1v) is 8.00. The predicted octanol–water partition coefficient (Wildman–Crippen LogP) is 2.53. The molecule has 0 spiro atoms. The van der Waals surface area contributed by atoms with Crippen molar-refractivity contribution in [3.8, 4) is 5.75 Å². The van der Waals surface area contributed by atoms with E-state index in [9.17, 15) is 9.59 Å². The molecular formula is C19H23N3O3. The van der Waals surface area contributed by atoms with Crippen molar-refractivity contribution in [2.24, 2.45) is 5.73 Å². The number of nitrogens with two attached hydrogens (primary N) is 1. The lowest BCUT2D eigenvalue weighted by molar-refractivity contribution is -0.118. The highest BCUT2D eigenvalue weighted by Gasteiger charge is 2.10. The van der Waals surface area contributed by atoms with Gasteiger partial charge in [0.15, 0.2) is 6.61 Å². The first-order chi connectivity index (χ1) is 11.9. The molecule has 0 fully saturated rings. The van der Waals surface area contributed by atoms with Crippen LogP contribution < -0.4 is 21.1 Å². The van der Waals surface area contributed by atoms with Gasteiger partial charge in [0.25, 0.3) is 5.91 Å². The van der Waals surface area contributed by atoms with Crippen molar-refractivity contribution in [1.29, 1.82) is 0 Å². The summed E-state index contributed by atoms with van der Waals surface area (Å²) >= 11 is 0. The smallest absolute Gasteiger partial charge is 0.262 e. The number of hydrogen-bond donors (Lipinski definition) is 3. The van der Waals surface area contributed by atoms with E-state index < -0.39 is 0 Å². The Hall–Kier alpha value is -2.86. The molecule has 6 nitrogen and oxygen atoms in total. The van der Waals surface area contributed by atoms with Crippen LogP contribution >= 0.6 is 0 Å². The van der Waals surface area contributed by atoms with E-state index in [2.05, 4.69) is 10.6 Å². The molecule has 0 saturated carbocycles. The Morgan fingerprint density at radius 2 is 1.64 bits per heavy atom. The van der Waals surface area contributed by atoms with Crippen LogP contribution in [0.15, 0.2) is 36.4 Å². The molecule has 0 unspecified atom stereocenters. The number of ether oxygens (including phenoxy) is 1. The Morgan fingerprint density at radius 1 is 0.960 bits per heavy atom. The van der Waals surface area contributed by atoms with Gasteiger partial charge in [0.1, 0.15) is 5.75 Å². The fourth-order valence-electron chi connectivity index (χ4n) is 2.40.